The van der Waals surface area contributed by atoms with Crippen LogP contribution in [-0.4, -0.2) is 26.7 Å². The number of H-pyrrole nitrogens is 1. The molecule has 1 amide bonds. The molecule has 4 bridgehead atoms. The Balaban J connectivity index is 1.22. The Kier molecular flexibility index (Phi) is 4.97. The molecular weight excluding hydrogens is 378 g/mol. The molecule has 0 saturated heterocycles. The van der Waals surface area contributed by atoms with E-state index in [2.05, 4.69) is 41.5 Å². The van der Waals surface area contributed by atoms with Crippen molar-refractivity contribution < 1.29 is 4.79 Å². The number of aromatic amines is 1. The number of imidazole rings is 1. The first-order chi connectivity index (χ1) is 14.0. The summed E-state index contributed by atoms with van der Waals surface area (Å²) in [6.45, 7) is 4.07. The van der Waals surface area contributed by atoms with Gasteiger partial charge in [0.1, 0.15) is 0 Å². The number of aryl methyl sites for hydroxylation is 1. The van der Waals surface area contributed by atoms with Gasteiger partial charge in [-0.05, 0) is 75.7 Å². The Labute approximate surface area is 177 Å². The zero-order valence-corrected chi connectivity index (χ0v) is 18.2. The minimum absolute atomic E-state index is 0.0816. The van der Waals surface area contributed by atoms with E-state index in [4.69, 9.17) is 4.98 Å². The number of amides is 1. The Bertz CT molecular complexity index is 856. The highest BCUT2D eigenvalue weighted by Crippen LogP contribution is 2.55. The highest BCUT2D eigenvalue weighted by Gasteiger charge is 2.51. The first-order valence-corrected chi connectivity index (χ1v) is 11.9. The monoisotopic (exact) mass is 409 g/mol. The summed E-state index contributed by atoms with van der Waals surface area (Å²) >= 11 is 1.55. The van der Waals surface area contributed by atoms with Crippen LogP contribution in [0, 0.1) is 24.7 Å². The van der Waals surface area contributed by atoms with Gasteiger partial charge < -0.3 is 10.3 Å². The number of rotatable bonds is 6. The molecule has 4 nitrogen and oxygen atoms in total. The van der Waals surface area contributed by atoms with Crippen molar-refractivity contribution in [3.8, 4) is 0 Å². The van der Waals surface area contributed by atoms with E-state index >= 15 is 0 Å². The molecule has 0 aliphatic heterocycles. The van der Waals surface area contributed by atoms with Gasteiger partial charge in [0.25, 0.3) is 0 Å². The maximum Gasteiger partial charge on any atom is 0.233 e. The van der Waals surface area contributed by atoms with Crippen molar-refractivity contribution >= 4 is 17.7 Å². The summed E-state index contributed by atoms with van der Waals surface area (Å²) < 4.78 is 0. The molecule has 0 spiro atoms. The Hall–Kier alpha value is -1.75. The minimum atomic E-state index is -0.141. The van der Waals surface area contributed by atoms with E-state index < -0.39 is 0 Å². The topological polar surface area (TPSA) is 57.8 Å². The van der Waals surface area contributed by atoms with Gasteiger partial charge in [-0.3, -0.25) is 4.79 Å². The third-order valence-electron chi connectivity index (χ3n) is 7.26. The van der Waals surface area contributed by atoms with Gasteiger partial charge >= 0.3 is 0 Å². The van der Waals surface area contributed by atoms with Crippen LogP contribution < -0.4 is 5.32 Å². The predicted octanol–water partition coefficient (Wildman–Crippen LogP) is 4.87. The van der Waals surface area contributed by atoms with Crippen LogP contribution >= 0.6 is 11.8 Å². The summed E-state index contributed by atoms with van der Waals surface area (Å²) in [5.74, 6) is 2.71. The molecule has 1 aromatic carbocycles. The number of carbonyl (C=O) groups excluding carboxylic acids is 1. The molecule has 6 rings (SSSR count). The fraction of sp³-hybridized carbons (Fsp3) is 0.583. The quantitative estimate of drug-likeness (QED) is 0.669. The van der Waals surface area contributed by atoms with Crippen LogP contribution in [0.5, 0.6) is 0 Å². The van der Waals surface area contributed by atoms with Gasteiger partial charge in [-0.15, -0.1) is 0 Å². The van der Waals surface area contributed by atoms with Crippen LogP contribution in [0.1, 0.15) is 62.4 Å². The van der Waals surface area contributed by atoms with Crippen molar-refractivity contribution in [1.29, 1.82) is 0 Å². The van der Waals surface area contributed by atoms with Gasteiger partial charge in [-0.25, -0.2) is 4.98 Å². The van der Waals surface area contributed by atoms with E-state index in [1.54, 1.807) is 11.8 Å². The van der Waals surface area contributed by atoms with Crippen molar-refractivity contribution in [3.63, 3.8) is 0 Å². The minimum Gasteiger partial charge on any atom is -0.350 e. The van der Waals surface area contributed by atoms with Crippen molar-refractivity contribution in [2.75, 3.05) is 0 Å². The molecule has 29 heavy (non-hydrogen) atoms. The molecule has 1 aromatic heterocycles. The first kappa shape index (κ1) is 19.2. The lowest BCUT2D eigenvalue weighted by atomic mass is 9.53. The highest BCUT2D eigenvalue weighted by molar-refractivity contribution is 8.00. The molecule has 1 unspecified atom stereocenters. The Morgan fingerprint density at radius 3 is 2.41 bits per heavy atom. The van der Waals surface area contributed by atoms with Crippen molar-refractivity contribution in [2.45, 2.75) is 74.7 Å². The largest absolute Gasteiger partial charge is 0.350 e. The van der Waals surface area contributed by atoms with E-state index in [-0.39, 0.29) is 16.7 Å². The van der Waals surface area contributed by atoms with E-state index in [0.29, 0.717) is 0 Å². The van der Waals surface area contributed by atoms with E-state index in [1.807, 2.05) is 13.0 Å². The van der Waals surface area contributed by atoms with Crippen molar-refractivity contribution in [2.24, 2.45) is 17.8 Å². The van der Waals surface area contributed by atoms with Gasteiger partial charge in [0.15, 0.2) is 5.16 Å². The second kappa shape index (κ2) is 7.50. The number of carbonyl (C=O) groups is 1. The normalized spacial score (nSPS) is 31.0. The average Bonchev–Trinajstić information content (AvgIpc) is 3.00. The van der Waals surface area contributed by atoms with Crippen LogP contribution in [0.2, 0.25) is 0 Å². The van der Waals surface area contributed by atoms with Gasteiger partial charge in [0.05, 0.1) is 10.9 Å². The second-order valence-corrected chi connectivity index (χ2v) is 11.1. The smallest absolute Gasteiger partial charge is 0.233 e. The summed E-state index contributed by atoms with van der Waals surface area (Å²) in [6, 6.07) is 10.4. The molecule has 1 heterocycles. The van der Waals surface area contributed by atoms with Crippen LogP contribution in [0.15, 0.2) is 35.5 Å². The predicted molar refractivity (Wildman–Crippen MR) is 117 cm³/mol. The van der Waals surface area contributed by atoms with Crippen molar-refractivity contribution in [1.82, 2.24) is 15.3 Å². The maximum atomic E-state index is 13.0. The van der Waals surface area contributed by atoms with Gasteiger partial charge in [-0.1, -0.05) is 42.1 Å². The lowest BCUT2D eigenvalue weighted by molar-refractivity contribution is -0.126. The summed E-state index contributed by atoms with van der Waals surface area (Å²) in [5.41, 5.74) is 3.49. The highest BCUT2D eigenvalue weighted by atomic mass is 32.2. The van der Waals surface area contributed by atoms with Gasteiger partial charge in [0, 0.05) is 17.7 Å². The summed E-state index contributed by atoms with van der Waals surface area (Å²) in [7, 11) is 0. The van der Waals surface area contributed by atoms with Crippen LogP contribution in [-0.2, 0) is 11.2 Å². The molecule has 4 aliphatic carbocycles. The Morgan fingerprint density at radius 2 is 1.79 bits per heavy atom. The molecule has 2 aromatic rings. The number of benzene rings is 1. The van der Waals surface area contributed by atoms with E-state index in [1.165, 1.54) is 44.1 Å². The lowest BCUT2D eigenvalue weighted by Gasteiger charge is -2.57. The number of nitrogens with zero attached hydrogens (tertiary/aromatic N) is 1. The fourth-order valence-electron chi connectivity index (χ4n) is 6.33. The average molecular weight is 410 g/mol. The van der Waals surface area contributed by atoms with Crippen molar-refractivity contribution in [3.05, 3.63) is 47.3 Å². The molecule has 4 fully saturated rings. The van der Waals surface area contributed by atoms with E-state index in [9.17, 15) is 4.79 Å². The third kappa shape index (κ3) is 3.98. The van der Waals surface area contributed by atoms with Gasteiger partial charge in [0.2, 0.25) is 5.91 Å². The second-order valence-electron chi connectivity index (χ2n) is 9.72. The van der Waals surface area contributed by atoms with Crippen LogP contribution in [0.25, 0.3) is 0 Å². The number of nitrogens with one attached hydrogen (secondary N) is 2. The van der Waals surface area contributed by atoms with Crippen LogP contribution in [0.4, 0.5) is 0 Å². The van der Waals surface area contributed by atoms with E-state index in [0.717, 1.165) is 40.7 Å². The first-order valence-electron chi connectivity index (χ1n) is 11.1. The summed E-state index contributed by atoms with van der Waals surface area (Å²) in [6.07, 6.45) is 8.60. The molecule has 154 valence electrons. The zero-order valence-electron chi connectivity index (χ0n) is 17.4. The summed E-state index contributed by atoms with van der Waals surface area (Å²) in [4.78, 5) is 21.2. The number of hydrogen-bond acceptors (Lipinski definition) is 3. The van der Waals surface area contributed by atoms with Gasteiger partial charge in [-0.2, -0.15) is 0 Å². The molecule has 0 radical (unpaired) electrons. The zero-order chi connectivity index (χ0) is 20.0. The third-order valence-corrected chi connectivity index (χ3v) is 8.25. The number of thioether (sulfide) groups is 1. The molecule has 1 atom stereocenters. The fourth-order valence-corrected chi connectivity index (χ4v) is 7.21. The molecule has 4 aliphatic rings. The molecule has 4 saturated carbocycles. The molecule has 5 heteroatoms. The molecular formula is C24H31N3OS. The lowest BCUT2D eigenvalue weighted by Crippen LogP contribution is -2.60. The SMILES string of the molecule is Cc1[nH]c(SC(C)C(=O)NC23CC4CC(CC(C4)C2)C3)nc1Cc1ccccc1. The Morgan fingerprint density at radius 1 is 1.17 bits per heavy atom. The summed E-state index contributed by atoms with van der Waals surface area (Å²) in [5, 5.41) is 4.21. The number of hydrogen-bond donors (Lipinski definition) is 2. The standard InChI is InChI=1S/C24H31N3OS/c1-15-21(11-17-6-4-3-5-7-17)26-23(25-15)29-16(2)22(28)27-24-12-18-8-19(13-24)10-20(9-18)14-24/h3-7,16,18-20H,8-14H2,1-2H3,(H,25,26)(H,27,28). The molecule has 2 N–H and O–H groups in total. The maximum absolute atomic E-state index is 13.0. The van der Waals surface area contributed by atoms with Crippen LogP contribution in [0.3, 0.4) is 0 Å². The number of aromatic nitrogens is 2.